The third-order valence-electron chi connectivity index (χ3n) is 3.16. The molecule has 1 aromatic heterocycles. The molecule has 17 heavy (non-hydrogen) atoms. The second-order valence-corrected chi connectivity index (χ2v) is 4.33. The normalized spacial score (nSPS) is 11.2. The summed E-state index contributed by atoms with van der Waals surface area (Å²) in [5, 5.41) is 3.35. The fraction of sp³-hybridized carbons (Fsp3) is 0.500. The Morgan fingerprint density at radius 2 is 2.12 bits per heavy atom. The summed E-state index contributed by atoms with van der Waals surface area (Å²) in [7, 11) is 0. The molecule has 0 saturated carbocycles. The Morgan fingerprint density at radius 1 is 1.29 bits per heavy atom. The highest BCUT2D eigenvalue weighted by Crippen LogP contribution is 2.17. The summed E-state index contributed by atoms with van der Waals surface area (Å²) in [6, 6.07) is 6.62. The zero-order valence-corrected chi connectivity index (χ0v) is 11.0. The Kier molecular flexibility index (Phi) is 3.79. The molecule has 0 aliphatic rings. The molecule has 1 N–H and O–H groups in total. The topological polar surface area (TPSA) is 29.9 Å². The molecule has 0 bridgehead atoms. The number of likely N-dealkylation sites (N-methyl/N-ethyl adjacent to an activating group) is 1. The quantitative estimate of drug-likeness (QED) is 0.801. The molecule has 2 aromatic rings. The summed E-state index contributed by atoms with van der Waals surface area (Å²) in [5.41, 5.74) is 3.73. The van der Waals surface area contributed by atoms with Gasteiger partial charge in [-0.05, 0) is 51.1 Å². The van der Waals surface area contributed by atoms with Gasteiger partial charge < -0.3 is 9.88 Å². The van der Waals surface area contributed by atoms with Crippen molar-refractivity contribution in [3.8, 4) is 0 Å². The lowest BCUT2D eigenvalue weighted by molar-refractivity contribution is 0.717. The minimum absolute atomic E-state index is 0.985. The van der Waals surface area contributed by atoms with Crippen LogP contribution in [0.1, 0.15) is 25.2 Å². The highest BCUT2D eigenvalue weighted by molar-refractivity contribution is 5.76. The molecule has 0 fully saturated rings. The molecular formula is C14H21N3. The van der Waals surface area contributed by atoms with E-state index < -0.39 is 0 Å². The van der Waals surface area contributed by atoms with Crippen molar-refractivity contribution in [3.63, 3.8) is 0 Å². The molecule has 3 heteroatoms. The minimum Gasteiger partial charge on any atom is -0.329 e. The van der Waals surface area contributed by atoms with Crippen molar-refractivity contribution in [2.24, 2.45) is 0 Å². The molecule has 0 aliphatic heterocycles. The van der Waals surface area contributed by atoms with Gasteiger partial charge in [0.1, 0.15) is 5.82 Å². The van der Waals surface area contributed by atoms with Crippen LogP contribution < -0.4 is 5.32 Å². The van der Waals surface area contributed by atoms with E-state index in [1.807, 2.05) is 0 Å². The smallest absolute Gasteiger partial charge is 0.106 e. The molecule has 0 unspecified atom stereocenters. The number of nitrogens with zero attached hydrogens (tertiary/aromatic N) is 2. The van der Waals surface area contributed by atoms with E-state index in [9.17, 15) is 0 Å². The Balaban J connectivity index is 2.25. The molecule has 92 valence electrons. The molecule has 0 radical (unpaired) electrons. The standard InChI is InChI=1S/C14H21N3/c1-4-15-9-8-12-6-7-14-13(10-12)16-11(3)17(14)5-2/h6-7,10,15H,4-5,8-9H2,1-3H3. The van der Waals surface area contributed by atoms with E-state index >= 15 is 0 Å². The maximum Gasteiger partial charge on any atom is 0.106 e. The van der Waals surface area contributed by atoms with Gasteiger partial charge in [-0.1, -0.05) is 13.0 Å². The van der Waals surface area contributed by atoms with Gasteiger partial charge >= 0.3 is 0 Å². The van der Waals surface area contributed by atoms with Crippen LogP contribution in [0.5, 0.6) is 0 Å². The number of aryl methyl sites for hydroxylation is 2. The van der Waals surface area contributed by atoms with Crippen molar-refractivity contribution in [1.29, 1.82) is 0 Å². The molecule has 3 nitrogen and oxygen atoms in total. The first kappa shape index (κ1) is 12.1. The second-order valence-electron chi connectivity index (χ2n) is 4.33. The maximum absolute atomic E-state index is 4.62. The third kappa shape index (κ3) is 2.50. The lowest BCUT2D eigenvalue weighted by Gasteiger charge is -2.04. The fourth-order valence-corrected chi connectivity index (χ4v) is 2.26. The summed E-state index contributed by atoms with van der Waals surface area (Å²) in [6.45, 7) is 9.42. The average Bonchev–Trinajstić information content (AvgIpc) is 2.64. The van der Waals surface area contributed by atoms with Gasteiger partial charge in [0.05, 0.1) is 11.0 Å². The lowest BCUT2D eigenvalue weighted by atomic mass is 10.1. The third-order valence-corrected chi connectivity index (χ3v) is 3.16. The maximum atomic E-state index is 4.62. The molecule has 0 saturated heterocycles. The van der Waals surface area contributed by atoms with Crippen molar-refractivity contribution < 1.29 is 0 Å². The first-order valence-electron chi connectivity index (χ1n) is 6.42. The van der Waals surface area contributed by atoms with Crippen molar-refractivity contribution >= 4 is 11.0 Å². The van der Waals surface area contributed by atoms with E-state index in [2.05, 4.69) is 53.8 Å². The van der Waals surface area contributed by atoms with E-state index in [0.29, 0.717) is 0 Å². The van der Waals surface area contributed by atoms with Crippen molar-refractivity contribution in [2.45, 2.75) is 33.7 Å². The molecule has 1 aromatic carbocycles. The van der Waals surface area contributed by atoms with Gasteiger partial charge in [-0.25, -0.2) is 4.98 Å². The molecule has 1 heterocycles. The van der Waals surface area contributed by atoms with Crippen LogP contribution >= 0.6 is 0 Å². The highest BCUT2D eigenvalue weighted by atomic mass is 15.1. The minimum atomic E-state index is 0.985. The van der Waals surface area contributed by atoms with Crippen molar-refractivity contribution in [3.05, 3.63) is 29.6 Å². The number of nitrogens with one attached hydrogen (secondary N) is 1. The van der Waals surface area contributed by atoms with Crippen molar-refractivity contribution in [2.75, 3.05) is 13.1 Å². The van der Waals surface area contributed by atoms with Gasteiger partial charge in [0.2, 0.25) is 0 Å². The lowest BCUT2D eigenvalue weighted by Crippen LogP contribution is -2.15. The fourth-order valence-electron chi connectivity index (χ4n) is 2.26. The van der Waals surface area contributed by atoms with E-state index in [0.717, 1.165) is 37.4 Å². The van der Waals surface area contributed by atoms with Crippen LogP contribution in [-0.4, -0.2) is 22.6 Å². The van der Waals surface area contributed by atoms with Crippen LogP contribution in [-0.2, 0) is 13.0 Å². The van der Waals surface area contributed by atoms with E-state index in [1.54, 1.807) is 0 Å². The SMILES string of the molecule is CCNCCc1ccc2c(c1)nc(C)n2CC. The summed E-state index contributed by atoms with van der Waals surface area (Å²) >= 11 is 0. The van der Waals surface area contributed by atoms with E-state index in [4.69, 9.17) is 0 Å². The Labute approximate surface area is 103 Å². The van der Waals surface area contributed by atoms with Crippen LogP contribution in [0.2, 0.25) is 0 Å². The van der Waals surface area contributed by atoms with Gasteiger partial charge in [0.15, 0.2) is 0 Å². The number of rotatable bonds is 5. The first-order chi connectivity index (χ1) is 8.26. The second kappa shape index (κ2) is 5.32. The van der Waals surface area contributed by atoms with Crippen LogP contribution in [0.4, 0.5) is 0 Å². The van der Waals surface area contributed by atoms with Crippen LogP contribution in [0.3, 0.4) is 0 Å². The summed E-state index contributed by atoms with van der Waals surface area (Å²) in [6.07, 6.45) is 1.07. The van der Waals surface area contributed by atoms with E-state index in [-0.39, 0.29) is 0 Å². The molecule has 0 amide bonds. The van der Waals surface area contributed by atoms with Crippen LogP contribution in [0.15, 0.2) is 18.2 Å². The van der Waals surface area contributed by atoms with Gasteiger partial charge in [-0.15, -0.1) is 0 Å². The number of benzene rings is 1. The Hall–Kier alpha value is -1.35. The van der Waals surface area contributed by atoms with Crippen LogP contribution in [0.25, 0.3) is 11.0 Å². The van der Waals surface area contributed by atoms with Crippen molar-refractivity contribution in [1.82, 2.24) is 14.9 Å². The molecule has 0 spiro atoms. The highest BCUT2D eigenvalue weighted by Gasteiger charge is 2.06. The molecular weight excluding hydrogens is 210 g/mol. The predicted octanol–water partition coefficient (Wildman–Crippen LogP) is 2.52. The zero-order chi connectivity index (χ0) is 12.3. The van der Waals surface area contributed by atoms with E-state index in [1.165, 1.54) is 11.1 Å². The summed E-state index contributed by atoms with van der Waals surface area (Å²) < 4.78 is 2.25. The number of fused-ring (bicyclic) bond motifs is 1. The zero-order valence-electron chi connectivity index (χ0n) is 11.0. The largest absolute Gasteiger partial charge is 0.329 e. The van der Waals surface area contributed by atoms with Gasteiger partial charge in [-0.2, -0.15) is 0 Å². The summed E-state index contributed by atoms with van der Waals surface area (Å²) in [5.74, 6) is 1.10. The average molecular weight is 231 g/mol. The number of hydrogen-bond donors (Lipinski definition) is 1. The Bertz CT molecular complexity index is 499. The molecule has 0 aliphatic carbocycles. The first-order valence-corrected chi connectivity index (χ1v) is 6.42. The number of aromatic nitrogens is 2. The monoisotopic (exact) mass is 231 g/mol. The Morgan fingerprint density at radius 3 is 2.82 bits per heavy atom. The molecule has 0 atom stereocenters. The van der Waals surface area contributed by atoms with Crippen LogP contribution in [0, 0.1) is 6.92 Å². The summed E-state index contributed by atoms with van der Waals surface area (Å²) in [4.78, 5) is 4.62. The predicted molar refractivity (Wildman–Crippen MR) is 72.4 cm³/mol. The number of hydrogen-bond acceptors (Lipinski definition) is 2. The molecule has 2 rings (SSSR count). The number of imidazole rings is 1. The van der Waals surface area contributed by atoms with Gasteiger partial charge in [0.25, 0.3) is 0 Å². The van der Waals surface area contributed by atoms with Gasteiger partial charge in [0, 0.05) is 6.54 Å². The van der Waals surface area contributed by atoms with Gasteiger partial charge in [-0.3, -0.25) is 0 Å².